The van der Waals surface area contributed by atoms with E-state index < -0.39 is 26.3 Å². The van der Waals surface area contributed by atoms with Crippen molar-refractivity contribution in [3.63, 3.8) is 0 Å². The molecule has 0 aliphatic rings. The van der Waals surface area contributed by atoms with Crippen molar-refractivity contribution >= 4 is 27.1 Å². The van der Waals surface area contributed by atoms with E-state index in [1.165, 1.54) is 30.4 Å². The number of carbonyl (C=O) groups is 1. The van der Waals surface area contributed by atoms with Crippen molar-refractivity contribution in [3.05, 3.63) is 52.0 Å². The first-order chi connectivity index (χ1) is 11.5. The highest BCUT2D eigenvalue weighted by molar-refractivity contribution is 7.91. The van der Waals surface area contributed by atoms with Crippen LogP contribution in [0.4, 0.5) is 4.39 Å². The lowest BCUT2D eigenvalue weighted by molar-refractivity contribution is -0.128. The normalized spacial score (nSPS) is 13.5. The molecule has 7 heteroatoms. The standard InChI is InChI=1S/C18H22FNO3S2/c1-12-10-13(7-8-14(12)19)25(22,23)16(15-6-5-9-24-15)11-20-17(21)18(2,3)4/h5-10,16H,11H2,1-4H3,(H,20,21)/t16-/m0/s1. The molecule has 2 rings (SSSR count). The van der Waals surface area contributed by atoms with E-state index >= 15 is 0 Å². The van der Waals surface area contributed by atoms with Crippen LogP contribution in [0, 0.1) is 18.2 Å². The number of benzene rings is 1. The predicted octanol–water partition coefficient (Wildman–Crippen LogP) is 3.87. The summed E-state index contributed by atoms with van der Waals surface area (Å²) in [6.45, 7) is 6.78. The molecule has 0 unspecified atom stereocenters. The number of hydrogen-bond acceptors (Lipinski definition) is 4. The van der Waals surface area contributed by atoms with Gasteiger partial charge in [-0.1, -0.05) is 26.8 Å². The highest BCUT2D eigenvalue weighted by Gasteiger charge is 2.32. The number of halogens is 1. The lowest BCUT2D eigenvalue weighted by Crippen LogP contribution is -2.38. The molecule has 1 atom stereocenters. The van der Waals surface area contributed by atoms with Gasteiger partial charge in [-0.05, 0) is 42.1 Å². The Morgan fingerprint density at radius 1 is 1.28 bits per heavy atom. The van der Waals surface area contributed by atoms with E-state index in [4.69, 9.17) is 0 Å². The zero-order valence-corrected chi connectivity index (χ0v) is 16.3. The predicted molar refractivity (Wildman–Crippen MR) is 97.8 cm³/mol. The van der Waals surface area contributed by atoms with Crippen LogP contribution >= 0.6 is 11.3 Å². The molecule has 0 spiro atoms. The van der Waals surface area contributed by atoms with E-state index in [1.54, 1.807) is 38.3 Å². The second-order valence-electron chi connectivity index (χ2n) is 6.92. The number of carbonyl (C=O) groups excluding carboxylic acids is 1. The van der Waals surface area contributed by atoms with Gasteiger partial charge in [-0.3, -0.25) is 4.79 Å². The van der Waals surface area contributed by atoms with Gasteiger partial charge in [0, 0.05) is 16.8 Å². The summed E-state index contributed by atoms with van der Waals surface area (Å²) in [7, 11) is -3.78. The van der Waals surface area contributed by atoms with Crippen LogP contribution in [0.25, 0.3) is 0 Å². The van der Waals surface area contributed by atoms with Crippen LogP contribution < -0.4 is 5.32 Å². The van der Waals surface area contributed by atoms with Crippen molar-refractivity contribution in [3.8, 4) is 0 Å². The maximum absolute atomic E-state index is 13.5. The molecule has 1 amide bonds. The molecule has 0 saturated carbocycles. The fourth-order valence-corrected chi connectivity index (χ4v) is 5.11. The monoisotopic (exact) mass is 383 g/mol. The first-order valence-electron chi connectivity index (χ1n) is 7.85. The molecule has 0 aliphatic heterocycles. The minimum atomic E-state index is -3.78. The van der Waals surface area contributed by atoms with Crippen molar-refractivity contribution in [1.82, 2.24) is 5.32 Å². The Hall–Kier alpha value is -1.73. The average molecular weight is 384 g/mol. The molecule has 0 aliphatic carbocycles. The maximum atomic E-state index is 13.5. The highest BCUT2D eigenvalue weighted by Crippen LogP contribution is 2.32. The van der Waals surface area contributed by atoms with Gasteiger partial charge in [-0.15, -0.1) is 11.3 Å². The van der Waals surface area contributed by atoms with Crippen LogP contribution in [0.5, 0.6) is 0 Å². The van der Waals surface area contributed by atoms with Gasteiger partial charge in [-0.2, -0.15) is 0 Å². The van der Waals surface area contributed by atoms with Gasteiger partial charge in [0.1, 0.15) is 11.1 Å². The number of nitrogens with one attached hydrogen (secondary N) is 1. The molecule has 136 valence electrons. The van der Waals surface area contributed by atoms with Gasteiger partial charge in [0.15, 0.2) is 9.84 Å². The fraction of sp³-hybridized carbons (Fsp3) is 0.389. The summed E-state index contributed by atoms with van der Waals surface area (Å²) < 4.78 is 39.7. The number of aryl methyl sites for hydroxylation is 1. The van der Waals surface area contributed by atoms with Gasteiger partial charge in [-0.25, -0.2) is 12.8 Å². The quantitative estimate of drug-likeness (QED) is 0.797. The minimum absolute atomic E-state index is 0.0324. The highest BCUT2D eigenvalue weighted by atomic mass is 32.2. The first-order valence-corrected chi connectivity index (χ1v) is 10.3. The van der Waals surface area contributed by atoms with Crippen LogP contribution in [0.3, 0.4) is 0 Å². The third-order valence-corrected chi connectivity index (χ3v) is 7.04. The van der Waals surface area contributed by atoms with E-state index in [2.05, 4.69) is 5.32 Å². The van der Waals surface area contributed by atoms with Crippen LogP contribution in [0.2, 0.25) is 0 Å². The lowest BCUT2D eigenvalue weighted by atomic mass is 9.96. The summed E-state index contributed by atoms with van der Waals surface area (Å²) in [4.78, 5) is 12.8. The van der Waals surface area contributed by atoms with Gasteiger partial charge >= 0.3 is 0 Å². The Morgan fingerprint density at radius 3 is 2.48 bits per heavy atom. The van der Waals surface area contributed by atoms with Crippen LogP contribution in [-0.2, 0) is 14.6 Å². The molecular weight excluding hydrogens is 361 g/mol. The zero-order valence-electron chi connectivity index (χ0n) is 14.7. The lowest BCUT2D eigenvalue weighted by Gasteiger charge is -2.22. The topological polar surface area (TPSA) is 63.2 Å². The number of hydrogen-bond donors (Lipinski definition) is 1. The molecule has 1 heterocycles. The van der Waals surface area contributed by atoms with Gasteiger partial charge in [0.2, 0.25) is 5.91 Å². The number of rotatable bonds is 5. The molecule has 0 fully saturated rings. The third-order valence-electron chi connectivity index (χ3n) is 3.82. The SMILES string of the molecule is Cc1cc(S(=O)(=O)[C@@H](CNC(=O)C(C)(C)C)c2cccs2)ccc1F. The van der Waals surface area contributed by atoms with E-state index in [9.17, 15) is 17.6 Å². The van der Waals surface area contributed by atoms with Crippen LogP contribution in [0.15, 0.2) is 40.6 Å². The Balaban J connectivity index is 2.38. The third kappa shape index (κ3) is 4.46. The van der Waals surface area contributed by atoms with E-state index in [0.29, 0.717) is 4.88 Å². The van der Waals surface area contributed by atoms with Gasteiger partial charge in [0.05, 0.1) is 4.90 Å². The Morgan fingerprint density at radius 2 is 1.96 bits per heavy atom. The largest absolute Gasteiger partial charge is 0.354 e. The summed E-state index contributed by atoms with van der Waals surface area (Å²) in [6.07, 6.45) is 0. The first kappa shape index (κ1) is 19.6. The fourth-order valence-electron chi connectivity index (χ4n) is 2.25. The van der Waals surface area contributed by atoms with Crippen LogP contribution in [0.1, 0.15) is 36.5 Å². The molecule has 1 aromatic heterocycles. The number of amides is 1. The number of sulfone groups is 1. The zero-order chi connectivity index (χ0) is 18.8. The molecule has 4 nitrogen and oxygen atoms in total. The smallest absolute Gasteiger partial charge is 0.225 e. The molecule has 0 bridgehead atoms. The summed E-state index contributed by atoms with van der Waals surface area (Å²) >= 11 is 1.31. The Kier molecular flexibility index (Phi) is 5.68. The Labute approximate surface area is 152 Å². The number of thiophene rings is 1. The molecule has 1 aromatic carbocycles. The molecule has 2 aromatic rings. The molecule has 0 radical (unpaired) electrons. The Bertz CT molecular complexity index is 853. The molecule has 25 heavy (non-hydrogen) atoms. The minimum Gasteiger partial charge on any atom is -0.354 e. The summed E-state index contributed by atoms with van der Waals surface area (Å²) in [5, 5.41) is 3.61. The van der Waals surface area contributed by atoms with Crippen molar-refractivity contribution in [2.24, 2.45) is 5.41 Å². The van der Waals surface area contributed by atoms with E-state index in [-0.39, 0.29) is 22.9 Å². The summed E-state index contributed by atoms with van der Waals surface area (Å²) in [5.41, 5.74) is -0.347. The summed E-state index contributed by atoms with van der Waals surface area (Å²) in [5.74, 6) is -0.674. The van der Waals surface area contributed by atoms with E-state index in [0.717, 1.165) is 6.07 Å². The van der Waals surface area contributed by atoms with Gasteiger partial charge < -0.3 is 5.32 Å². The van der Waals surface area contributed by atoms with Crippen molar-refractivity contribution in [1.29, 1.82) is 0 Å². The van der Waals surface area contributed by atoms with E-state index in [1.807, 2.05) is 0 Å². The molecule has 0 saturated heterocycles. The molecule has 1 N–H and O–H groups in total. The van der Waals surface area contributed by atoms with Crippen molar-refractivity contribution < 1.29 is 17.6 Å². The average Bonchev–Trinajstić information content (AvgIpc) is 3.02. The molecular formula is C18H22FNO3S2. The summed E-state index contributed by atoms with van der Waals surface area (Å²) in [6, 6.07) is 7.25. The van der Waals surface area contributed by atoms with Crippen LogP contribution in [-0.4, -0.2) is 20.9 Å². The maximum Gasteiger partial charge on any atom is 0.225 e. The second-order valence-corrected chi connectivity index (χ2v) is 10.0. The van der Waals surface area contributed by atoms with Crippen molar-refractivity contribution in [2.75, 3.05) is 6.54 Å². The van der Waals surface area contributed by atoms with Gasteiger partial charge in [0.25, 0.3) is 0 Å². The second kappa shape index (κ2) is 7.25. The van der Waals surface area contributed by atoms with Crippen molar-refractivity contribution in [2.45, 2.75) is 37.8 Å².